The number of nitrogens with two attached hydrogens (primary N) is 1. The molecule has 0 bridgehead atoms. The van der Waals surface area contributed by atoms with E-state index in [1.165, 1.54) is 19.1 Å². The molecule has 0 saturated carbocycles. The van der Waals surface area contributed by atoms with Crippen LogP contribution in [0.5, 0.6) is 0 Å². The van der Waals surface area contributed by atoms with E-state index in [2.05, 4.69) is 14.9 Å². The monoisotopic (exact) mass is 439 g/mol. The fraction of sp³-hybridized carbons (Fsp3) is 0.550. The summed E-state index contributed by atoms with van der Waals surface area (Å²) in [6.45, 7) is 7.60. The quantitative estimate of drug-likeness (QED) is 0.550. The zero-order chi connectivity index (χ0) is 22.4. The predicted octanol–water partition coefficient (Wildman–Crippen LogP) is 1.14. The first-order valence-corrected chi connectivity index (χ1v) is 10.7. The van der Waals surface area contributed by atoms with Crippen molar-refractivity contribution in [1.29, 1.82) is 0 Å². The molecule has 1 aromatic rings. The van der Waals surface area contributed by atoms with Crippen molar-refractivity contribution in [2.45, 2.75) is 38.0 Å². The summed E-state index contributed by atoms with van der Waals surface area (Å²) in [5.74, 6) is -1.84. The zero-order valence-electron chi connectivity index (χ0n) is 17.8. The van der Waals surface area contributed by atoms with E-state index in [-0.39, 0.29) is 23.4 Å². The maximum Gasteiger partial charge on any atom is 0.240 e. The highest BCUT2D eigenvalue weighted by Gasteiger charge is 2.29. The van der Waals surface area contributed by atoms with Crippen LogP contribution in [0.2, 0.25) is 0 Å². The standard InChI is InChI=1S/C20H30FN5O3S/c1-12(18(22)20(29)26-9-7-25(4)8-10-26)15-5-6-17(16(21)11-15)23-19(28)13(2)30-24-14(3)27/h5-6,11-13,18H,7-10,22H2,1-4H3,(H,23,28)(H,24,27)/t12-,13?,18+/m0/s1. The van der Waals surface area contributed by atoms with Crippen molar-refractivity contribution in [2.24, 2.45) is 5.73 Å². The van der Waals surface area contributed by atoms with Gasteiger partial charge in [0.15, 0.2) is 0 Å². The third-order valence-corrected chi connectivity index (χ3v) is 6.14. The Balaban J connectivity index is 2.00. The number of carbonyl (C=O) groups excluding carboxylic acids is 3. The average Bonchev–Trinajstić information content (AvgIpc) is 2.72. The number of benzene rings is 1. The molecule has 2 rings (SSSR count). The number of hydrogen-bond acceptors (Lipinski definition) is 6. The lowest BCUT2D eigenvalue weighted by Gasteiger charge is -2.35. The molecular formula is C20H30FN5O3S. The van der Waals surface area contributed by atoms with Gasteiger partial charge in [-0.25, -0.2) is 4.39 Å². The number of nitrogens with zero attached hydrogens (tertiary/aromatic N) is 2. The zero-order valence-corrected chi connectivity index (χ0v) is 18.6. The summed E-state index contributed by atoms with van der Waals surface area (Å²) >= 11 is 0.951. The van der Waals surface area contributed by atoms with Gasteiger partial charge in [-0.3, -0.25) is 19.1 Å². The van der Waals surface area contributed by atoms with Crippen molar-refractivity contribution < 1.29 is 18.8 Å². The Hall–Kier alpha value is -2.17. The van der Waals surface area contributed by atoms with Gasteiger partial charge in [0, 0.05) is 39.0 Å². The molecular weight excluding hydrogens is 409 g/mol. The first-order chi connectivity index (χ1) is 14.1. The smallest absolute Gasteiger partial charge is 0.240 e. The van der Waals surface area contributed by atoms with E-state index in [1.807, 2.05) is 7.05 Å². The van der Waals surface area contributed by atoms with Crippen molar-refractivity contribution in [1.82, 2.24) is 14.5 Å². The number of halogens is 1. The Morgan fingerprint density at radius 3 is 2.37 bits per heavy atom. The molecule has 0 radical (unpaired) electrons. The first kappa shape index (κ1) is 24.1. The lowest BCUT2D eigenvalue weighted by molar-refractivity contribution is -0.134. The van der Waals surface area contributed by atoms with Gasteiger partial charge < -0.3 is 20.9 Å². The second kappa shape index (κ2) is 10.7. The fourth-order valence-corrected chi connectivity index (χ4v) is 3.54. The van der Waals surface area contributed by atoms with Crippen LogP contribution in [0.4, 0.5) is 10.1 Å². The lowest BCUT2D eigenvalue weighted by atomic mass is 9.92. The van der Waals surface area contributed by atoms with E-state index >= 15 is 0 Å². The molecule has 1 saturated heterocycles. The van der Waals surface area contributed by atoms with Crippen LogP contribution in [0.15, 0.2) is 18.2 Å². The van der Waals surface area contributed by atoms with Crippen LogP contribution in [0.1, 0.15) is 32.3 Å². The molecule has 30 heavy (non-hydrogen) atoms. The molecule has 3 atom stereocenters. The van der Waals surface area contributed by atoms with Crippen LogP contribution in [0, 0.1) is 5.82 Å². The fourth-order valence-electron chi connectivity index (χ4n) is 3.03. The molecule has 1 aliphatic heterocycles. The third kappa shape index (κ3) is 6.41. The molecule has 1 unspecified atom stereocenters. The van der Waals surface area contributed by atoms with E-state index in [1.54, 1.807) is 24.8 Å². The lowest BCUT2D eigenvalue weighted by Crippen LogP contribution is -2.53. The minimum atomic E-state index is -0.776. The Morgan fingerprint density at radius 2 is 1.80 bits per heavy atom. The Kier molecular flexibility index (Phi) is 8.63. The molecule has 166 valence electrons. The van der Waals surface area contributed by atoms with Crippen molar-refractivity contribution in [3.05, 3.63) is 29.6 Å². The van der Waals surface area contributed by atoms with Crippen LogP contribution in [0.3, 0.4) is 0 Å². The first-order valence-electron chi connectivity index (χ1n) is 9.85. The molecule has 1 aromatic carbocycles. The van der Waals surface area contributed by atoms with Crippen LogP contribution in [-0.2, 0) is 14.4 Å². The van der Waals surface area contributed by atoms with Crippen LogP contribution in [-0.4, -0.2) is 72.0 Å². The van der Waals surface area contributed by atoms with Crippen LogP contribution < -0.4 is 15.8 Å². The van der Waals surface area contributed by atoms with Crippen molar-refractivity contribution in [3.63, 3.8) is 0 Å². The SMILES string of the molecule is CC(=O)NSC(C)C(=O)Nc1ccc([C@H](C)[C@@H](N)C(=O)N2CCN(C)CC2)cc1F. The molecule has 10 heteroatoms. The highest BCUT2D eigenvalue weighted by molar-refractivity contribution is 7.99. The Bertz CT molecular complexity index is 786. The maximum absolute atomic E-state index is 14.6. The number of carbonyl (C=O) groups is 3. The number of rotatable bonds is 7. The van der Waals surface area contributed by atoms with E-state index in [0.29, 0.717) is 18.7 Å². The number of amides is 3. The summed E-state index contributed by atoms with van der Waals surface area (Å²) in [6, 6.07) is 3.64. The van der Waals surface area contributed by atoms with E-state index in [4.69, 9.17) is 5.73 Å². The minimum Gasteiger partial charge on any atom is -0.339 e. The molecule has 3 amide bonds. The number of piperazine rings is 1. The Labute approximate surface area is 180 Å². The van der Waals surface area contributed by atoms with E-state index in [0.717, 1.165) is 25.0 Å². The summed E-state index contributed by atoms with van der Waals surface area (Å²) in [4.78, 5) is 39.7. The molecule has 0 spiro atoms. The van der Waals surface area contributed by atoms with Crippen molar-refractivity contribution >= 4 is 35.4 Å². The van der Waals surface area contributed by atoms with E-state index in [9.17, 15) is 18.8 Å². The number of likely N-dealkylation sites (N-methyl/N-ethyl adjacent to an activating group) is 1. The molecule has 1 heterocycles. The second-order valence-corrected chi connectivity index (χ2v) is 8.74. The largest absolute Gasteiger partial charge is 0.339 e. The molecule has 1 fully saturated rings. The van der Waals surface area contributed by atoms with E-state index < -0.39 is 23.0 Å². The average molecular weight is 440 g/mol. The summed E-state index contributed by atoms with van der Waals surface area (Å²) in [7, 11) is 2.01. The predicted molar refractivity (Wildman–Crippen MR) is 116 cm³/mol. The van der Waals surface area contributed by atoms with Gasteiger partial charge in [-0.1, -0.05) is 13.0 Å². The van der Waals surface area contributed by atoms with Gasteiger partial charge >= 0.3 is 0 Å². The highest BCUT2D eigenvalue weighted by Crippen LogP contribution is 2.25. The summed E-state index contributed by atoms with van der Waals surface area (Å²) < 4.78 is 17.1. The van der Waals surface area contributed by atoms with Gasteiger partial charge in [0.2, 0.25) is 17.7 Å². The normalized spacial score (nSPS) is 17.7. The number of nitrogens with one attached hydrogen (secondary N) is 2. The molecule has 0 aromatic heterocycles. The highest BCUT2D eigenvalue weighted by atomic mass is 32.2. The minimum absolute atomic E-state index is 0.0326. The number of anilines is 1. The van der Waals surface area contributed by atoms with Crippen molar-refractivity contribution in [2.75, 3.05) is 38.5 Å². The van der Waals surface area contributed by atoms with Gasteiger partial charge in [-0.05, 0) is 43.6 Å². The summed E-state index contributed by atoms with van der Waals surface area (Å²) in [5, 5.41) is 1.91. The van der Waals surface area contributed by atoms with Gasteiger partial charge in [0.25, 0.3) is 0 Å². The molecule has 4 N–H and O–H groups in total. The van der Waals surface area contributed by atoms with Crippen LogP contribution in [0.25, 0.3) is 0 Å². The summed E-state index contributed by atoms with van der Waals surface area (Å²) in [6.07, 6.45) is 0. The summed E-state index contributed by atoms with van der Waals surface area (Å²) in [5.41, 5.74) is 6.81. The Morgan fingerprint density at radius 1 is 1.17 bits per heavy atom. The maximum atomic E-state index is 14.6. The van der Waals surface area contributed by atoms with Crippen LogP contribution >= 0.6 is 11.9 Å². The van der Waals surface area contributed by atoms with Gasteiger partial charge in [0.05, 0.1) is 11.7 Å². The van der Waals surface area contributed by atoms with Gasteiger partial charge in [0.1, 0.15) is 11.1 Å². The topological polar surface area (TPSA) is 108 Å². The van der Waals surface area contributed by atoms with Crippen molar-refractivity contribution in [3.8, 4) is 0 Å². The molecule has 0 aliphatic carbocycles. The molecule has 1 aliphatic rings. The third-order valence-electron chi connectivity index (χ3n) is 5.16. The van der Waals surface area contributed by atoms with Gasteiger partial charge in [-0.15, -0.1) is 0 Å². The van der Waals surface area contributed by atoms with Gasteiger partial charge in [-0.2, -0.15) is 0 Å². The second-order valence-electron chi connectivity index (χ2n) is 7.59. The molecule has 8 nitrogen and oxygen atoms in total. The number of hydrogen-bond donors (Lipinski definition) is 3.